The molecular weight excluding hydrogens is 254 g/mol. The normalized spacial score (nSPS) is 18.0. The van der Waals surface area contributed by atoms with Crippen LogP contribution in [0.15, 0.2) is 17.6 Å². The number of H-pyrrole nitrogens is 1. The average Bonchev–Trinajstić information content (AvgIpc) is 2.91. The molecule has 0 saturated heterocycles. The molecule has 0 spiro atoms. The van der Waals surface area contributed by atoms with Crippen LogP contribution in [0.25, 0.3) is 0 Å². The van der Waals surface area contributed by atoms with Crippen molar-refractivity contribution in [2.75, 3.05) is 13.2 Å². The summed E-state index contributed by atoms with van der Waals surface area (Å²) in [7, 11) is -3.47. The fourth-order valence-electron chi connectivity index (χ4n) is 2.10. The molecular formula is C11H19N3O3S. The molecule has 0 unspecified atom stereocenters. The Kier molecular flexibility index (Phi) is 4.73. The van der Waals surface area contributed by atoms with E-state index in [2.05, 4.69) is 14.7 Å². The fraction of sp³-hybridized carbons (Fsp3) is 0.727. The summed E-state index contributed by atoms with van der Waals surface area (Å²) in [6.07, 6.45) is 8.81. The molecule has 18 heavy (non-hydrogen) atoms. The van der Waals surface area contributed by atoms with E-state index in [4.69, 9.17) is 4.74 Å². The van der Waals surface area contributed by atoms with Crippen LogP contribution in [0.2, 0.25) is 0 Å². The van der Waals surface area contributed by atoms with Crippen LogP contribution in [0.3, 0.4) is 0 Å². The van der Waals surface area contributed by atoms with Crippen LogP contribution in [0, 0.1) is 0 Å². The zero-order chi connectivity index (χ0) is 12.8. The summed E-state index contributed by atoms with van der Waals surface area (Å²) in [6.45, 7) is 0.704. The van der Waals surface area contributed by atoms with Crippen LogP contribution in [0.5, 0.6) is 0 Å². The van der Waals surface area contributed by atoms with Gasteiger partial charge in [0, 0.05) is 6.54 Å². The number of rotatable bonds is 6. The molecule has 0 bridgehead atoms. The highest BCUT2D eigenvalue weighted by atomic mass is 32.2. The minimum Gasteiger partial charge on any atom is -0.377 e. The summed E-state index contributed by atoms with van der Waals surface area (Å²) in [5.74, 6) is 0. The van der Waals surface area contributed by atoms with Gasteiger partial charge in [-0.2, -0.15) is 0 Å². The smallest absolute Gasteiger partial charge is 0.257 e. The minimum absolute atomic E-state index is 0.0835. The van der Waals surface area contributed by atoms with Crippen molar-refractivity contribution in [2.24, 2.45) is 0 Å². The molecule has 1 fully saturated rings. The number of nitrogens with zero attached hydrogens (tertiary/aromatic N) is 1. The number of hydrogen-bond acceptors (Lipinski definition) is 4. The van der Waals surface area contributed by atoms with E-state index in [9.17, 15) is 8.42 Å². The third-order valence-corrected chi connectivity index (χ3v) is 4.45. The number of aromatic amines is 1. The van der Waals surface area contributed by atoms with Crippen LogP contribution in [0.1, 0.15) is 32.1 Å². The number of sulfonamides is 1. The highest BCUT2D eigenvalue weighted by Gasteiger charge is 2.16. The van der Waals surface area contributed by atoms with Crippen molar-refractivity contribution >= 4 is 10.0 Å². The summed E-state index contributed by atoms with van der Waals surface area (Å²) in [4.78, 5) is 6.25. The van der Waals surface area contributed by atoms with Gasteiger partial charge >= 0.3 is 0 Å². The molecule has 0 aliphatic heterocycles. The Bertz CT molecular complexity index is 438. The molecule has 7 heteroatoms. The van der Waals surface area contributed by atoms with E-state index in [1.54, 1.807) is 0 Å². The van der Waals surface area contributed by atoms with Gasteiger partial charge in [0.05, 0.1) is 25.2 Å². The van der Waals surface area contributed by atoms with E-state index >= 15 is 0 Å². The maximum absolute atomic E-state index is 11.7. The Morgan fingerprint density at radius 2 is 2.17 bits per heavy atom. The zero-order valence-corrected chi connectivity index (χ0v) is 11.1. The van der Waals surface area contributed by atoms with Gasteiger partial charge in [-0.05, 0) is 12.8 Å². The van der Waals surface area contributed by atoms with E-state index in [-0.39, 0.29) is 11.6 Å². The second kappa shape index (κ2) is 6.31. The lowest BCUT2D eigenvalue weighted by atomic mass is 9.98. The molecule has 1 aliphatic rings. The van der Waals surface area contributed by atoms with Crippen LogP contribution < -0.4 is 4.72 Å². The zero-order valence-electron chi connectivity index (χ0n) is 10.3. The second-order valence-electron chi connectivity index (χ2n) is 4.44. The number of aromatic nitrogens is 2. The van der Waals surface area contributed by atoms with Gasteiger partial charge in [0.25, 0.3) is 10.0 Å². The first-order valence-corrected chi connectivity index (χ1v) is 7.76. The molecule has 102 valence electrons. The van der Waals surface area contributed by atoms with Crippen LogP contribution in [0.4, 0.5) is 0 Å². The van der Waals surface area contributed by atoms with Crippen molar-refractivity contribution in [3.8, 4) is 0 Å². The molecule has 1 aliphatic carbocycles. The molecule has 2 rings (SSSR count). The average molecular weight is 273 g/mol. The van der Waals surface area contributed by atoms with Gasteiger partial charge in [-0.15, -0.1) is 0 Å². The lowest BCUT2D eigenvalue weighted by Gasteiger charge is -2.21. The third-order valence-electron chi connectivity index (χ3n) is 3.06. The fourth-order valence-corrected chi connectivity index (χ4v) is 3.02. The molecule has 1 aromatic heterocycles. The largest absolute Gasteiger partial charge is 0.377 e. The third kappa shape index (κ3) is 3.79. The predicted octanol–water partition coefficient (Wildman–Crippen LogP) is 1.04. The van der Waals surface area contributed by atoms with Crippen LogP contribution >= 0.6 is 0 Å². The summed E-state index contributed by atoms with van der Waals surface area (Å²) in [5, 5.41) is 0.0835. The van der Waals surface area contributed by atoms with E-state index in [1.165, 1.54) is 31.8 Å². The van der Waals surface area contributed by atoms with E-state index in [0.717, 1.165) is 12.8 Å². The molecule has 1 heterocycles. The SMILES string of the molecule is O=S(=O)(NCCOC1CCCCC1)c1cnc[nH]1. The Morgan fingerprint density at radius 3 is 2.83 bits per heavy atom. The van der Waals surface area contributed by atoms with Crippen molar-refractivity contribution in [1.82, 2.24) is 14.7 Å². The summed E-state index contributed by atoms with van der Waals surface area (Å²) in [5.41, 5.74) is 0. The molecule has 0 atom stereocenters. The summed E-state index contributed by atoms with van der Waals surface area (Å²) >= 11 is 0. The topological polar surface area (TPSA) is 84.1 Å². The van der Waals surface area contributed by atoms with E-state index in [0.29, 0.717) is 12.7 Å². The number of hydrogen-bond donors (Lipinski definition) is 2. The molecule has 0 amide bonds. The monoisotopic (exact) mass is 273 g/mol. The molecule has 0 aromatic carbocycles. The molecule has 1 saturated carbocycles. The Balaban J connectivity index is 1.69. The van der Waals surface area contributed by atoms with Crippen molar-refractivity contribution < 1.29 is 13.2 Å². The molecule has 2 N–H and O–H groups in total. The number of imidazole rings is 1. The molecule has 0 radical (unpaired) electrons. The standard InChI is InChI=1S/C11H19N3O3S/c15-18(16,11-8-12-9-13-11)14-6-7-17-10-4-2-1-3-5-10/h8-10,14H,1-7H2,(H,12,13). The highest BCUT2D eigenvalue weighted by Crippen LogP contribution is 2.19. The molecule has 1 aromatic rings. The van der Waals surface area contributed by atoms with Gasteiger partial charge in [-0.1, -0.05) is 19.3 Å². The minimum atomic E-state index is -3.47. The quantitative estimate of drug-likeness (QED) is 0.758. The summed E-state index contributed by atoms with van der Waals surface area (Å²) < 4.78 is 31.5. The van der Waals surface area contributed by atoms with Crippen LogP contribution in [-0.4, -0.2) is 37.6 Å². The lowest BCUT2D eigenvalue weighted by Crippen LogP contribution is -2.29. The number of ether oxygens (including phenoxy) is 1. The maximum atomic E-state index is 11.7. The van der Waals surface area contributed by atoms with Crippen molar-refractivity contribution in [2.45, 2.75) is 43.2 Å². The van der Waals surface area contributed by atoms with E-state index < -0.39 is 10.0 Å². The second-order valence-corrected chi connectivity index (χ2v) is 6.18. The van der Waals surface area contributed by atoms with Gasteiger partial charge < -0.3 is 9.72 Å². The van der Waals surface area contributed by atoms with Gasteiger partial charge in [-0.25, -0.2) is 18.1 Å². The van der Waals surface area contributed by atoms with Gasteiger partial charge in [-0.3, -0.25) is 0 Å². The lowest BCUT2D eigenvalue weighted by molar-refractivity contribution is 0.0321. The Morgan fingerprint density at radius 1 is 1.39 bits per heavy atom. The van der Waals surface area contributed by atoms with Crippen molar-refractivity contribution in [3.05, 3.63) is 12.5 Å². The van der Waals surface area contributed by atoms with Gasteiger partial charge in [0.1, 0.15) is 0 Å². The first-order chi connectivity index (χ1) is 8.68. The van der Waals surface area contributed by atoms with Crippen molar-refractivity contribution in [1.29, 1.82) is 0 Å². The summed E-state index contributed by atoms with van der Waals surface area (Å²) in [6, 6.07) is 0. The maximum Gasteiger partial charge on any atom is 0.257 e. The Hall–Kier alpha value is -0.920. The van der Waals surface area contributed by atoms with Gasteiger partial charge in [0.2, 0.25) is 0 Å². The first kappa shape index (κ1) is 13.5. The van der Waals surface area contributed by atoms with Crippen LogP contribution in [-0.2, 0) is 14.8 Å². The van der Waals surface area contributed by atoms with E-state index in [1.807, 2.05) is 0 Å². The molecule has 6 nitrogen and oxygen atoms in total. The van der Waals surface area contributed by atoms with Gasteiger partial charge in [0.15, 0.2) is 5.03 Å². The highest BCUT2D eigenvalue weighted by molar-refractivity contribution is 7.89. The first-order valence-electron chi connectivity index (χ1n) is 6.28. The van der Waals surface area contributed by atoms with Crippen molar-refractivity contribution in [3.63, 3.8) is 0 Å². The predicted molar refractivity (Wildman–Crippen MR) is 66.6 cm³/mol. The Labute approximate surface area is 107 Å². The number of nitrogens with one attached hydrogen (secondary N) is 2.